The molecule has 22 heavy (non-hydrogen) atoms. The Morgan fingerprint density at radius 1 is 1.45 bits per heavy atom. The Balaban J connectivity index is 1.95. The minimum Gasteiger partial charge on any atom is -0.458 e. The number of aliphatic hydroxyl groups excluding tert-OH is 1. The molecule has 2 heterocycles. The van der Waals surface area contributed by atoms with Gasteiger partial charge in [-0.3, -0.25) is 0 Å². The lowest BCUT2D eigenvalue weighted by Gasteiger charge is -2.49. The first kappa shape index (κ1) is 16.0. The van der Waals surface area contributed by atoms with E-state index in [2.05, 4.69) is 20.4 Å². The summed E-state index contributed by atoms with van der Waals surface area (Å²) in [5.74, 6) is 0.339. The molecule has 0 aromatic carbocycles. The smallest absolute Gasteiger partial charge is 0.334 e. The molecule has 0 amide bonds. The molecule has 0 unspecified atom stereocenters. The molecule has 0 radical (unpaired) electrons. The Hall–Kier alpha value is -0.910. The highest BCUT2D eigenvalue weighted by Gasteiger charge is 2.56. The fourth-order valence-electron chi connectivity index (χ4n) is 4.67. The first-order valence-corrected chi connectivity index (χ1v) is 8.21. The number of rotatable bonds is 2. The predicted molar refractivity (Wildman–Crippen MR) is 79.6 cm³/mol. The molecule has 2 aliphatic heterocycles. The maximum Gasteiger partial charge on any atom is 0.334 e. The number of esters is 1. The van der Waals surface area contributed by atoms with Crippen molar-refractivity contribution >= 4 is 5.97 Å². The second-order valence-corrected chi connectivity index (χ2v) is 7.22. The first-order valence-electron chi connectivity index (χ1n) is 8.21. The molecule has 5 nitrogen and oxygen atoms in total. The van der Waals surface area contributed by atoms with Crippen LogP contribution in [0.15, 0.2) is 12.2 Å². The van der Waals surface area contributed by atoms with Crippen molar-refractivity contribution in [3.8, 4) is 0 Å². The van der Waals surface area contributed by atoms with Gasteiger partial charge in [0, 0.05) is 29.9 Å². The molecule has 0 aromatic heterocycles. The van der Waals surface area contributed by atoms with E-state index >= 15 is 0 Å². The molecule has 1 N–H and O–H groups in total. The lowest BCUT2D eigenvalue weighted by Crippen LogP contribution is -2.52. The monoisotopic (exact) mass is 310 g/mol. The van der Waals surface area contributed by atoms with Gasteiger partial charge in [0.05, 0.1) is 0 Å². The molecule has 0 bridgehead atoms. The second kappa shape index (κ2) is 5.62. The van der Waals surface area contributed by atoms with Crippen molar-refractivity contribution in [2.75, 3.05) is 6.61 Å². The van der Waals surface area contributed by atoms with Gasteiger partial charge in [-0.1, -0.05) is 20.4 Å². The van der Waals surface area contributed by atoms with Gasteiger partial charge in [0.15, 0.2) is 12.6 Å². The van der Waals surface area contributed by atoms with Gasteiger partial charge in [0.25, 0.3) is 0 Å². The highest BCUT2D eigenvalue weighted by atomic mass is 16.7. The number of fused-ring (bicyclic) bond motifs is 2. The van der Waals surface area contributed by atoms with Crippen LogP contribution in [0.1, 0.15) is 40.0 Å². The lowest BCUT2D eigenvalue weighted by atomic mass is 9.65. The SMILES string of the molecule is C=C1C(=O)O[C@H]2C[C@@H](C)[C@@H]3C[C@H](O)O[C@@H](OCC)[C@@]3(C)C[C@H]12. The molecule has 0 spiro atoms. The number of hydrogen-bond donors (Lipinski definition) is 1. The normalized spacial score (nSPS) is 48.4. The van der Waals surface area contributed by atoms with Gasteiger partial charge in [-0.15, -0.1) is 0 Å². The van der Waals surface area contributed by atoms with E-state index in [9.17, 15) is 9.90 Å². The summed E-state index contributed by atoms with van der Waals surface area (Å²) < 4.78 is 17.0. The van der Waals surface area contributed by atoms with Crippen molar-refractivity contribution in [2.24, 2.45) is 23.2 Å². The van der Waals surface area contributed by atoms with Crippen LogP contribution >= 0.6 is 0 Å². The Labute approximate surface area is 131 Å². The standard InChI is InChI=1S/C17H26O5/c1-5-20-16-17(4)8-11-10(3)15(19)21-13(11)6-9(2)12(17)7-14(18)22-16/h9,11-14,16,18H,3,5-8H2,1-2,4H3/t9-,11-,12+,13+,14-,16-,17+/m1/s1. The summed E-state index contributed by atoms with van der Waals surface area (Å²) in [6.45, 7) is 10.7. The van der Waals surface area contributed by atoms with E-state index in [-0.39, 0.29) is 29.3 Å². The van der Waals surface area contributed by atoms with Crippen LogP contribution in [-0.2, 0) is 19.0 Å². The maximum absolute atomic E-state index is 11.9. The summed E-state index contributed by atoms with van der Waals surface area (Å²) >= 11 is 0. The topological polar surface area (TPSA) is 65.0 Å². The third-order valence-electron chi connectivity index (χ3n) is 5.81. The van der Waals surface area contributed by atoms with Crippen LogP contribution in [0.3, 0.4) is 0 Å². The number of carbonyl (C=O) groups excluding carboxylic acids is 1. The van der Waals surface area contributed by atoms with E-state index in [0.29, 0.717) is 24.5 Å². The summed E-state index contributed by atoms with van der Waals surface area (Å²) in [6, 6.07) is 0. The van der Waals surface area contributed by atoms with E-state index in [1.165, 1.54) is 0 Å². The van der Waals surface area contributed by atoms with Gasteiger partial charge in [0.1, 0.15) is 6.10 Å². The van der Waals surface area contributed by atoms with Crippen LogP contribution in [-0.4, -0.2) is 36.4 Å². The van der Waals surface area contributed by atoms with E-state index < -0.39 is 12.6 Å². The van der Waals surface area contributed by atoms with Gasteiger partial charge in [-0.2, -0.15) is 0 Å². The minimum atomic E-state index is -0.791. The van der Waals surface area contributed by atoms with E-state index in [1.807, 2.05) is 6.92 Å². The highest BCUT2D eigenvalue weighted by Crippen LogP contribution is 2.55. The quantitative estimate of drug-likeness (QED) is 0.626. The van der Waals surface area contributed by atoms with Crippen LogP contribution in [0.4, 0.5) is 0 Å². The van der Waals surface area contributed by atoms with Crippen molar-refractivity contribution in [1.82, 2.24) is 0 Å². The Kier molecular flexibility index (Phi) is 4.08. The third kappa shape index (κ3) is 2.39. The largest absolute Gasteiger partial charge is 0.458 e. The average Bonchev–Trinajstić information content (AvgIpc) is 2.64. The molecular formula is C17H26O5. The molecule has 3 aliphatic rings. The molecule has 3 rings (SSSR count). The van der Waals surface area contributed by atoms with E-state index in [0.717, 1.165) is 12.8 Å². The van der Waals surface area contributed by atoms with Gasteiger partial charge in [-0.05, 0) is 31.6 Å². The number of aliphatic hydroxyl groups is 1. The molecular weight excluding hydrogens is 284 g/mol. The third-order valence-corrected chi connectivity index (χ3v) is 5.81. The zero-order valence-electron chi connectivity index (χ0n) is 13.6. The van der Waals surface area contributed by atoms with Gasteiger partial charge in [0.2, 0.25) is 0 Å². The molecule has 1 saturated carbocycles. The van der Waals surface area contributed by atoms with Crippen molar-refractivity contribution in [2.45, 2.75) is 58.7 Å². The predicted octanol–water partition coefficient (Wildman–Crippen LogP) is 2.24. The fraction of sp³-hybridized carbons (Fsp3) is 0.824. The summed E-state index contributed by atoms with van der Waals surface area (Å²) in [4.78, 5) is 11.9. The molecule has 7 atom stereocenters. The summed E-state index contributed by atoms with van der Waals surface area (Å²) in [5.41, 5.74) is 0.311. The molecule has 2 saturated heterocycles. The first-order chi connectivity index (χ1) is 10.4. The van der Waals surface area contributed by atoms with Gasteiger partial charge >= 0.3 is 5.97 Å². The maximum atomic E-state index is 11.9. The fourth-order valence-corrected chi connectivity index (χ4v) is 4.67. The van der Waals surface area contributed by atoms with E-state index in [1.54, 1.807) is 0 Å². The molecule has 1 aliphatic carbocycles. The Morgan fingerprint density at radius 3 is 2.86 bits per heavy atom. The minimum absolute atomic E-state index is 0.0201. The highest BCUT2D eigenvalue weighted by molar-refractivity contribution is 5.90. The molecule has 124 valence electrons. The average molecular weight is 310 g/mol. The van der Waals surface area contributed by atoms with Crippen LogP contribution in [0, 0.1) is 23.2 Å². The van der Waals surface area contributed by atoms with Crippen LogP contribution in [0.25, 0.3) is 0 Å². The summed E-state index contributed by atoms with van der Waals surface area (Å²) in [5, 5.41) is 10.1. The Morgan fingerprint density at radius 2 is 2.18 bits per heavy atom. The van der Waals surface area contributed by atoms with Crippen LogP contribution in [0.5, 0.6) is 0 Å². The molecule has 5 heteroatoms. The molecule has 0 aromatic rings. The summed E-state index contributed by atoms with van der Waals surface area (Å²) in [6.07, 6.45) is 0.797. The lowest BCUT2D eigenvalue weighted by molar-refractivity contribution is -0.318. The van der Waals surface area contributed by atoms with Crippen molar-refractivity contribution in [3.63, 3.8) is 0 Å². The zero-order valence-corrected chi connectivity index (χ0v) is 13.6. The van der Waals surface area contributed by atoms with E-state index in [4.69, 9.17) is 14.2 Å². The van der Waals surface area contributed by atoms with Crippen molar-refractivity contribution in [1.29, 1.82) is 0 Å². The number of carbonyl (C=O) groups is 1. The molecule has 3 fully saturated rings. The second-order valence-electron chi connectivity index (χ2n) is 7.22. The zero-order chi connectivity index (χ0) is 16.1. The van der Waals surface area contributed by atoms with Gasteiger partial charge < -0.3 is 19.3 Å². The Bertz CT molecular complexity index is 476. The van der Waals surface area contributed by atoms with Crippen LogP contribution < -0.4 is 0 Å². The number of hydrogen-bond acceptors (Lipinski definition) is 5. The van der Waals surface area contributed by atoms with Crippen molar-refractivity contribution < 1.29 is 24.1 Å². The number of ether oxygens (including phenoxy) is 3. The van der Waals surface area contributed by atoms with Crippen LogP contribution in [0.2, 0.25) is 0 Å². The van der Waals surface area contributed by atoms with Crippen molar-refractivity contribution in [3.05, 3.63) is 12.2 Å². The summed E-state index contributed by atoms with van der Waals surface area (Å²) in [7, 11) is 0. The van der Waals surface area contributed by atoms with Gasteiger partial charge in [-0.25, -0.2) is 4.79 Å².